The van der Waals surface area contributed by atoms with Crippen LogP contribution in [0.25, 0.3) is 22.7 Å². The Hall–Kier alpha value is -2.26. The summed E-state index contributed by atoms with van der Waals surface area (Å²) < 4.78 is 6.11. The van der Waals surface area contributed by atoms with Gasteiger partial charge in [0.15, 0.2) is 0 Å². The van der Waals surface area contributed by atoms with Gasteiger partial charge in [0.25, 0.3) is 0 Å². The Morgan fingerprint density at radius 3 is 2.26 bits per heavy atom. The van der Waals surface area contributed by atoms with Gasteiger partial charge in [-0.2, -0.15) is 0 Å². The summed E-state index contributed by atoms with van der Waals surface area (Å²) in [5.41, 5.74) is 2.64. The second kappa shape index (κ2) is 6.88. The van der Waals surface area contributed by atoms with Crippen molar-refractivity contribution in [1.29, 1.82) is 0 Å². The zero-order valence-electron chi connectivity index (χ0n) is 13.3. The molecule has 23 heavy (non-hydrogen) atoms. The maximum Gasteiger partial charge on any atom is 0.229 e. The number of nitrogens with zero attached hydrogens (tertiary/aromatic N) is 2. The van der Waals surface area contributed by atoms with Crippen LogP contribution < -0.4 is 4.90 Å². The molecule has 3 aromatic rings. The highest BCUT2D eigenvalue weighted by atomic mass is 35.5. The number of halogens is 1. The van der Waals surface area contributed by atoms with Crippen molar-refractivity contribution < 1.29 is 4.42 Å². The Bertz CT molecular complexity index is 779. The number of oxazole rings is 1. The van der Waals surface area contributed by atoms with E-state index in [0.717, 1.165) is 35.8 Å². The van der Waals surface area contributed by atoms with Gasteiger partial charge < -0.3 is 9.32 Å². The number of aromatic nitrogens is 1. The van der Waals surface area contributed by atoms with Crippen LogP contribution in [0.5, 0.6) is 0 Å². The monoisotopic (exact) mass is 326 g/mol. The molecular formula is C19H19ClN2O. The van der Waals surface area contributed by atoms with Crippen molar-refractivity contribution in [2.75, 3.05) is 18.0 Å². The molecule has 118 valence electrons. The molecule has 0 aliphatic rings. The highest BCUT2D eigenvalue weighted by molar-refractivity contribution is 6.33. The Kier molecular flexibility index (Phi) is 4.68. The van der Waals surface area contributed by atoms with E-state index in [1.165, 1.54) is 0 Å². The second-order valence-electron chi connectivity index (χ2n) is 5.19. The van der Waals surface area contributed by atoms with Crippen LogP contribution in [0.4, 0.5) is 5.88 Å². The van der Waals surface area contributed by atoms with Gasteiger partial charge in [-0.3, -0.25) is 0 Å². The van der Waals surface area contributed by atoms with Crippen LogP contribution in [-0.2, 0) is 0 Å². The third kappa shape index (κ3) is 3.10. The highest BCUT2D eigenvalue weighted by Crippen LogP contribution is 2.38. The molecule has 3 nitrogen and oxygen atoms in total. The van der Waals surface area contributed by atoms with Crippen LogP contribution >= 0.6 is 11.6 Å². The predicted octanol–water partition coefficient (Wildman–Crippen LogP) is 5.51. The van der Waals surface area contributed by atoms with Gasteiger partial charge in [-0.1, -0.05) is 48.0 Å². The molecule has 0 fully saturated rings. The molecule has 0 spiro atoms. The van der Waals surface area contributed by atoms with Gasteiger partial charge in [0.2, 0.25) is 11.8 Å². The van der Waals surface area contributed by atoms with E-state index in [1.807, 2.05) is 54.6 Å². The van der Waals surface area contributed by atoms with Crippen LogP contribution in [-0.4, -0.2) is 18.1 Å². The lowest BCUT2D eigenvalue weighted by Gasteiger charge is -2.18. The molecule has 0 aliphatic carbocycles. The molecule has 0 bridgehead atoms. The van der Waals surface area contributed by atoms with Gasteiger partial charge in [0, 0.05) is 24.2 Å². The third-order valence-electron chi connectivity index (χ3n) is 3.81. The Morgan fingerprint density at radius 2 is 1.61 bits per heavy atom. The normalized spacial score (nSPS) is 10.7. The lowest BCUT2D eigenvalue weighted by atomic mass is 10.1. The Balaban J connectivity index is 2.17. The molecule has 0 amide bonds. The molecule has 2 aromatic carbocycles. The molecule has 3 rings (SSSR count). The first-order chi connectivity index (χ1) is 11.2. The zero-order valence-corrected chi connectivity index (χ0v) is 14.0. The third-order valence-corrected chi connectivity index (χ3v) is 4.14. The van der Waals surface area contributed by atoms with Crippen molar-refractivity contribution in [1.82, 2.24) is 4.98 Å². The van der Waals surface area contributed by atoms with E-state index in [9.17, 15) is 0 Å². The summed E-state index contributed by atoms with van der Waals surface area (Å²) >= 11 is 6.38. The summed E-state index contributed by atoms with van der Waals surface area (Å²) in [6, 6.07) is 17.7. The number of benzene rings is 2. The van der Waals surface area contributed by atoms with E-state index >= 15 is 0 Å². The summed E-state index contributed by atoms with van der Waals surface area (Å²) in [6.45, 7) is 5.89. The van der Waals surface area contributed by atoms with Crippen LogP contribution in [0.2, 0.25) is 5.02 Å². The minimum absolute atomic E-state index is 0.613. The highest BCUT2D eigenvalue weighted by Gasteiger charge is 2.21. The molecule has 1 aromatic heterocycles. The lowest BCUT2D eigenvalue weighted by molar-refractivity contribution is 0.557. The zero-order chi connectivity index (χ0) is 16.2. The second-order valence-corrected chi connectivity index (χ2v) is 5.60. The maximum absolute atomic E-state index is 6.38. The van der Waals surface area contributed by atoms with Gasteiger partial charge >= 0.3 is 0 Å². The van der Waals surface area contributed by atoms with Gasteiger partial charge in [-0.05, 0) is 32.0 Å². The number of hydrogen-bond acceptors (Lipinski definition) is 3. The van der Waals surface area contributed by atoms with Crippen LogP contribution in [0.1, 0.15) is 13.8 Å². The molecule has 0 radical (unpaired) electrons. The summed E-state index contributed by atoms with van der Waals surface area (Å²) in [5.74, 6) is 1.38. The molecule has 0 unspecified atom stereocenters. The summed E-state index contributed by atoms with van der Waals surface area (Å²) in [6.07, 6.45) is 0. The van der Waals surface area contributed by atoms with Crippen LogP contribution in [0, 0.1) is 0 Å². The standard InChI is InChI=1S/C19H19ClN2O/c1-3-22(4-2)19-17(15-12-8-9-13-16(15)20)21-18(23-19)14-10-6-5-7-11-14/h5-13H,3-4H2,1-2H3. The van der Waals surface area contributed by atoms with Gasteiger partial charge in [-0.15, -0.1) is 0 Å². The average Bonchev–Trinajstić information content (AvgIpc) is 3.02. The van der Waals surface area contributed by atoms with Crippen LogP contribution in [0.3, 0.4) is 0 Å². The molecule has 4 heteroatoms. The smallest absolute Gasteiger partial charge is 0.229 e. The largest absolute Gasteiger partial charge is 0.420 e. The minimum atomic E-state index is 0.613. The molecule has 0 aliphatic heterocycles. The molecule has 1 heterocycles. The topological polar surface area (TPSA) is 29.3 Å². The number of rotatable bonds is 5. The molecule has 0 N–H and O–H groups in total. The minimum Gasteiger partial charge on any atom is -0.420 e. The predicted molar refractivity (Wildman–Crippen MR) is 95.9 cm³/mol. The molecule has 0 saturated heterocycles. The quantitative estimate of drug-likeness (QED) is 0.619. The SMILES string of the molecule is CCN(CC)c1oc(-c2ccccc2)nc1-c1ccccc1Cl. The van der Waals surface area contributed by atoms with Crippen molar-refractivity contribution in [2.45, 2.75) is 13.8 Å². The number of anilines is 1. The summed E-state index contributed by atoms with van der Waals surface area (Å²) in [7, 11) is 0. The van der Waals surface area contributed by atoms with E-state index in [1.54, 1.807) is 0 Å². The van der Waals surface area contributed by atoms with Crippen LogP contribution in [0.15, 0.2) is 59.0 Å². The number of hydrogen-bond donors (Lipinski definition) is 0. The fourth-order valence-corrected chi connectivity index (χ4v) is 2.80. The first kappa shape index (κ1) is 15.6. The van der Waals surface area contributed by atoms with Gasteiger partial charge in [-0.25, -0.2) is 4.98 Å². The lowest BCUT2D eigenvalue weighted by Crippen LogP contribution is -2.21. The first-order valence-corrected chi connectivity index (χ1v) is 8.18. The van der Waals surface area contributed by atoms with Gasteiger partial charge in [0.1, 0.15) is 5.69 Å². The average molecular weight is 327 g/mol. The summed E-state index contributed by atoms with van der Waals surface area (Å²) in [5, 5.41) is 0.675. The fraction of sp³-hybridized carbons (Fsp3) is 0.211. The van der Waals surface area contributed by atoms with E-state index in [-0.39, 0.29) is 0 Å². The van der Waals surface area contributed by atoms with Crippen molar-refractivity contribution in [2.24, 2.45) is 0 Å². The van der Waals surface area contributed by atoms with Gasteiger partial charge in [0.05, 0.1) is 5.02 Å². The summed E-state index contributed by atoms with van der Waals surface area (Å²) in [4.78, 5) is 6.89. The fourth-order valence-electron chi connectivity index (χ4n) is 2.57. The first-order valence-electron chi connectivity index (χ1n) is 7.80. The van der Waals surface area contributed by atoms with E-state index in [4.69, 9.17) is 21.0 Å². The Morgan fingerprint density at radius 1 is 0.957 bits per heavy atom. The van der Waals surface area contributed by atoms with E-state index < -0.39 is 0 Å². The molecular weight excluding hydrogens is 308 g/mol. The van der Waals surface area contributed by atoms with Crippen molar-refractivity contribution >= 4 is 17.5 Å². The molecule has 0 saturated carbocycles. The van der Waals surface area contributed by atoms with Crippen molar-refractivity contribution in [3.63, 3.8) is 0 Å². The van der Waals surface area contributed by atoms with E-state index in [0.29, 0.717) is 10.9 Å². The van der Waals surface area contributed by atoms with Crippen molar-refractivity contribution in [3.8, 4) is 22.7 Å². The van der Waals surface area contributed by atoms with E-state index in [2.05, 4.69) is 18.7 Å². The Labute approximate surface area is 141 Å². The maximum atomic E-state index is 6.38. The molecule has 0 atom stereocenters. The van der Waals surface area contributed by atoms with Crippen molar-refractivity contribution in [3.05, 3.63) is 59.6 Å².